The smallest absolute Gasteiger partial charge is 0.124 e. The lowest BCUT2D eigenvalue weighted by Gasteiger charge is -2.10. The van der Waals surface area contributed by atoms with Crippen molar-refractivity contribution >= 4 is 0 Å². The zero-order valence-electron chi connectivity index (χ0n) is 11.1. The number of aryl methyl sites for hydroxylation is 2. The predicted octanol–water partition coefficient (Wildman–Crippen LogP) is 2.95. The number of nitrogens with two attached hydrogens (primary N) is 1. The Labute approximate surface area is 108 Å². The Kier molecular flexibility index (Phi) is 3.72. The fourth-order valence-electron chi connectivity index (χ4n) is 2.29. The lowest BCUT2D eigenvalue weighted by molar-refractivity contribution is 0.408. The van der Waals surface area contributed by atoms with Gasteiger partial charge >= 0.3 is 0 Å². The Morgan fingerprint density at radius 1 is 1.11 bits per heavy atom. The third-order valence-electron chi connectivity index (χ3n) is 3.02. The number of ether oxygens (including phenoxy) is 1. The van der Waals surface area contributed by atoms with E-state index >= 15 is 0 Å². The molecule has 2 aromatic rings. The van der Waals surface area contributed by atoms with Crippen molar-refractivity contribution in [2.45, 2.75) is 26.8 Å². The number of hydrogen-bond donors (Lipinski definition) is 1. The molecule has 0 spiro atoms. The quantitative estimate of drug-likeness (QED) is 0.901. The van der Waals surface area contributed by atoms with Gasteiger partial charge in [-0.2, -0.15) is 0 Å². The minimum Gasteiger partial charge on any atom is -0.496 e. The third kappa shape index (κ3) is 2.57. The van der Waals surface area contributed by atoms with Crippen molar-refractivity contribution in [3.8, 4) is 5.75 Å². The molecule has 2 rings (SSSR count). The Morgan fingerprint density at radius 2 is 1.72 bits per heavy atom. The molecule has 3 nitrogen and oxygen atoms in total. The maximum Gasteiger partial charge on any atom is 0.124 e. The molecule has 0 radical (unpaired) electrons. The molecule has 2 N–H and O–H groups in total. The molecule has 0 saturated carbocycles. The average Bonchev–Trinajstić information content (AvgIpc) is 2.76. The molecule has 0 unspecified atom stereocenters. The van der Waals surface area contributed by atoms with E-state index in [1.54, 1.807) is 7.11 Å². The van der Waals surface area contributed by atoms with Crippen LogP contribution in [0.25, 0.3) is 0 Å². The molecule has 1 aromatic carbocycles. The predicted molar refractivity (Wildman–Crippen MR) is 71.9 cm³/mol. The van der Waals surface area contributed by atoms with Gasteiger partial charge in [-0.15, -0.1) is 0 Å². The van der Waals surface area contributed by atoms with Crippen LogP contribution in [0.4, 0.5) is 0 Å². The highest BCUT2D eigenvalue weighted by molar-refractivity contribution is 5.44. The van der Waals surface area contributed by atoms with E-state index in [4.69, 9.17) is 14.9 Å². The first-order chi connectivity index (χ1) is 8.63. The van der Waals surface area contributed by atoms with E-state index in [0.29, 0.717) is 6.54 Å². The molecule has 96 valence electrons. The second-order valence-electron chi connectivity index (χ2n) is 4.51. The van der Waals surface area contributed by atoms with Gasteiger partial charge in [0.05, 0.1) is 13.7 Å². The zero-order chi connectivity index (χ0) is 13.1. The van der Waals surface area contributed by atoms with Gasteiger partial charge in [-0.1, -0.05) is 12.1 Å². The highest BCUT2D eigenvalue weighted by atomic mass is 16.5. The highest BCUT2D eigenvalue weighted by Crippen LogP contribution is 2.25. The maximum atomic E-state index is 5.62. The molecule has 1 aromatic heterocycles. The van der Waals surface area contributed by atoms with Gasteiger partial charge in [0.1, 0.15) is 17.3 Å². The largest absolute Gasteiger partial charge is 0.496 e. The van der Waals surface area contributed by atoms with Crippen LogP contribution in [0.15, 0.2) is 28.7 Å². The summed E-state index contributed by atoms with van der Waals surface area (Å²) in [7, 11) is 1.70. The van der Waals surface area contributed by atoms with E-state index in [0.717, 1.165) is 34.8 Å². The van der Waals surface area contributed by atoms with E-state index in [2.05, 4.69) is 26.0 Å². The summed E-state index contributed by atoms with van der Waals surface area (Å²) >= 11 is 0. The molecule has 0 amide bonds. The first-order valence-corrected chi connectivity index (χ1v) is 6.05. The number of benzene rings is 1. The fraction of sp³-hybridized carbons (Fsp3) is 0.333. The standard InChI is InChI=1S/C15H19NO2/c1-10-6-12(7-11(2)15(10)17-3)8-13-4-5-14(9-16)18-13/h4-7H,8-9,16H2,1-3H3. The SMILES string of the molecule is COc1c(C)cc(Cc2ccc(CN)o2)cc1C. The van der Waals surface area contributed by atoms with Crippen molar-refractivity contribution in [1.82, 2.24) is 0 Å². The Bertz CT molecular complexity index is 520. The molecule has 0 aliphatic rings. The molecular formula is C15H19NO2. The number of hydrogen-bond acceptors (Lipinski definition) is 3. The van der Waals surface area contributed by atoms with E-state index < -0.39 is 0 Å². The van der Waals surface area contributed by atoms with Crippen molar-refractivity contribution < 1.29 is 9.15 Å². The number of furan rings is 1. The summed E-state index contributed by atoms with van der Waals surface area (Å²) in [5.74, 6) is 2.73. The van der Waals surface area contributed by atoms with Crippen LogP contribution < -0.4 is 10.5 Å². The monoisotopic (exact) mass is 245 g/mol. The van der Waals surface area contributed by atoms with Crippen LogP contribution in [0.3, 0.4) is 0 Å². The third-order valence-corrected chi connectivity index (χ3v) is 3.02. The summed E-state index contributed by atoms with van der Waals surface area (Å²) in [6.07, 6.45) is 0.783. The molecule has 0 atom stereocenters. The van der Waals surface area contributed by atoms with E-state index in [1.807, 2.05) is 12.1 Å². The van der Waals surface area contributed by atoms with Crippen LogP contribution in [-0.4, -0.2) is 7.11 Å². The van der Waals surface area contributed by atoms with Crippen molar-refractivity contribution in [2.75, 3.05) is 7.11 Å². The molecule has 1 heterocycles. The van der Waals surface area contributed by atoms with Crippen molar-refractivity contribution in [3.63, 3.8) is 0 Å². The van der Waals surface area contributed by atoms with Gasteiger partial charge in [-0.25, -0.2) is 0 Å². The Balaban J connectivity index is 2.24. The second-order valence-corrected chi connectivity index (χ2v) is 4.51. The minimum atomic E-state index is 0.445. The lowest BCUT2D eigenvalue weighted by Crippen LogP contribution is -1.95. The first-order valence-electron chi connectivity index (χ1n) is 6.05. The van der Waals surface area contributed by atoms with Gasteiger partial charge < -0.3 is 14.9 Å². The Hall–Kier alpha value is -1.74. The molecule has 0 saturated heterocycles. The molecule has 18 heavy (non-hydrogen) atoms. The summed E-state index contributed by atoms with van der Waals surface area (Å²) in [6, 6.07) is 8.18. The number of rotatable bonds is 4. The van der Waals surface area contributed by atoms with Gasteiger partial charge in [-0.05, 0) is 42.7 Å². The number of methoxy groups -OCH3 is 1. The highest BCUT2D eigenvalue weighted by Gasteiger charge is 2.07. The molecule has 0 bridgehead atoms. The van der Waals surface area contributed by atoms with Gasteiger partial charge in [0, 0.05) is 6.42 Å². The van der Waals surface area contributed by atoms with E-state index in [-0.39, 0.29) is 0 Å². The van der Waals surface area contributed by atoms with Crippen molar-refractivity contribution in [3.05, 3.63) is 52.5 Å². The summed E-state index contributed by atoms with van der Waals surface area (Å²) < 4.78 is 11.0. The lowest BCUT2D eigenvalue weighted by atomic mass is 10.0. The summed E-state index contributed by atoms with van der Waals surface area (Å²) in [4.78, 5) is 0. The summed E-state index contributed by atoms with van der Waals surface area (Å²) in [5, 5.41) is 0. The fourth-order valence-corrected chi connectivity index (χ4v) is 2.29. The first kappa shape index (κ1) is 12.7. The van der Waals surface area contributed by atoms with Gasteiger partial charge in [0.15, 0.2) is 0 Å². The molecular weight excluding hydrogens is 226 g/mol. The van der Waals surface area contributed by atoms with Crippen LogP contribution in [0.1, 0.15) is 28.2 Å². The zero-order valence-corrected chi connectivity index (χ0v) is 11.1. The minimum absolute atomic E-state index is 0.445. The molecule has 0 fully saturated rings. The van der Waals surface area contributed by atoms with Gasteiger partial charge in [0.2, 0.25) is 0 Å². The maximum absolute atomic E-state index is 5.62. The molecule has 0 aliphatic heterocycles. The van der Waals surface area contributed by atoms with Crippen LogP contribution in [-0.2, 0) is 13.0 Å². The average molecular weight is 245 g/mol. The van der Waals surface area contributed by atoms with Crippen LogP contribution in [0.2, 0.25) is 0 Å². The summed E-state index contributed by atoms with van der Waals surface area (Å²) in [5.41, 5.74) is 9.06. The topological polar surface area (TPSA) is 48.4 Å². The molecule has 3 heteroatoms. The van der Waals surface area contributed by atoms with Crippen LogP contribution in [0.5, 0.6) is 5.75 Å². The van der Waals surface area contributed by atoms with E-state index in [1.165, 1.54) is 5.56 Å². The van der Waals surface area contributed by atoms with Crippen molar-refractivity contribution in [2.24, 2.45) is 5.73 Å². The van der Waals surface area contributed by atoms with Crippen LogP contribution >= 0.6 is 0 Å². The Morgan fingerprint density at radius 3 is 2.22 bits per heavy atom. The van der Waals surface area contributed by atoms with Crippen molar-refractivity contribution in [1.29, 1.82) is 0 Å². The summed E-state index contributed by atoms with van der Waals surface area (Å²) in [6.45, 7) is 4.56. The van der Waals surface area contributed by atoms with Gasteiger partial charge in [0.25, 0.3) is 0 Å². The second kappa shape index (κ2) is 5.27. The normalized spacial score (nSPS) is 10.7. The van der Waals surface area contributed by atoms with Gasteiger partial charge in [-0.3, -0.25) is 0 Å². The van der Waals surface area contributed by atoms with Crippen LogP contribution in [0, 0.1) is 13.8 Å². The molecule has 0 aliphatic carbocycles. The van der Waals surface area contributed by atoms with E-state index in [9.17, 15) is 0 Å².